The first-order valence-electron chi connectivity index (χ1n) is 7.02. The zero-order valence-corrected chi connectivity index (χ0v) is 11.6. The second-order valence-corrected chi connectivity index (χ2v) is 6.86. The van der Waals surface area contributed by atoms with Gasteiger partial charge >= 0.3 is 0 Å². The first-order valence-corrected chi connectivity index (χ1v) is 7.02. The molecule has 1 fully saturated rings. The molecule has 0 aromatic rings. The number of aliphatic hydroxyl groups is 3. The van der Waals surface area contributed by atoms with E-state index in [1.54, 1.807) is 0 Å². The minimum atomic E-state index is -0.503. The summed E-state index contributed by atoms with van der Waals surface area (Å²) >= 11 is 0. The number of hydrogen-bond acceptors (Lipinski definition) is 3. The Balaban J connectivity index is 2.38. The second-order valence-electron chi connectivity index (χ2n) is 6.86. The molecular formula is C15H26O3. The van der Waals surface area contributed by atoms with Crippen LogP contribution in [0, 0.1) is 29.1 Å². The van der Waals surface area contributed by atoms with E-state index in [1.165, 1.54) is 5.57 Å². The normalized spacial score (nSPS) is 43.2. The highest BCUT2D eigenvalue weighted by atomic mass is 16.3. The Kier molecular flexibility index (Phi) is 3.86. The van der Waals surface area contributed by atoms with Crippen LogP contribution in [0.4, 0.5) is 0 Å². The molecule has 2 rings (SSSR count). The van der Waals surface area contributed by atoms with Crippen molar-refractivity contribution in [3.63, 3.8) is 0 Å². The van der Waals surface area contributed by atoms with Gasteiger partial charge in [0.05, 0.1) is 12.7 Å². The minimum absolute atomic E-state index is 0.0213. The van der Waals surface area contributed by atoms with Crippen LogP contribution in [0.3, 0.4) is 0 Å². The topological polar surface area (TPSA) is 60.7 Å². The Bertz CT molecular complexity index is 335. The van der Waals surface area contributed by atoms with Crippen LogP contribution in [0.25, 0.3) is 0 Å². The van der Waals surface area contributed by atoms with Gasteiger partial charge in [-0.2, -0.15) is 0 Å². The molecule has 0 aromatic carbocycles. The van der Waals surface area contributed by atoms with Crippen LogP contribution in [0.2, 0.25) is 0 Å². The van der Waals surface area contributed by atoms with Gasteiger partial charge in [-0.1, -0.05) is 32.4 Å². The van der Waals surface area contributed by atoms with E-state index in [0.717, 1.165) is 12.8 Å². The van der Waals surface area contributed by atoms with Gasteiger partial charge in [-0.25, -0.2) is 0 Å². The summed E-state index contributed by atoms with van der Waals surface area (Å²) < 4.78 is 0. The van der Waals surface area contributed by atoms with Crippen LogP contribution in [-0.4, -0.2) is 34.6 Å². The van der Waals surface area contributed by atoms with Crippen LogP contribution >= 0.6 is 0 Å². The third-order valence-electron chi connectivity index (χ3n) is 4.88. The average molecular weight is 254 g/mol. The predicted molar refractivity (Wildman–Crippen MR) is 70.9 cm³/mol. The van der Waals surface area contributed by atoms with Gasteiger partial charge in [-0.15, -0.1) is 0 Å². The molecule has 0 bridgehead atoms. The Morgan fingerprint density at radius 3 is 2.50 bits per heavy atom. The van der Waals surface area contributed by atoms with Gasteiger partial charge < -0.3 is 15.3 Å². The summed E-state index contributed by atoms with van der Waals surface area (Å²) in [4.78, 5) is 0. The maximum Gasteiger partial charge on any atom is 0.0599 e. The van der Waals surface area contributed by atoms with Crippen molar-refractivity contribution in [3.8, 4) is 0 Å². The summed E-state index contributed by atoms with van der Waals surface area (Å²) in [5.74, 6) is 0.561. The predicted octanol–water partition coefficient (Wildman–Crippen LogP) is 1.58. The highest BCUT2D eigenvalue weighted by Gasteiger charge is 2.44. The molecule has 3 heteroatoms. The number of allylic oxidation sites excluding steroid dienone is 1. The molecule has 18 heavy (non-hydrogen) atoms. The largest absolute Gasteiger partial charge is 0.396 e. The Morgan fingerprint density at radius 2 is 1.94 bits per heavy atom. The lowest BCUT2D eigenvalue weighted by atomic mass is 9.80. The van der Waals surface area contributed by atoms with E-state index in [4.69, 9.17) is 0 Å². The van der Waals surface area contributed by atoms with Crippen LogP contribution in [-0.2, 0) is 0 Å². The fraction of sp³-hybridized carbons (Fsp3) is 0.867. The van der Waals surface area contributed by atoms with E-state index >= 15 is 0 Å². The molecule has 5 atom stereocenters. The summed E-state index contributed by atoms with van der Waals surface area (Å²) in [6.45, 7) is 6.59. The van der Waals surface area contributed by atoms with Crippen LogP contribution in [0.5, 0.6) is 0 Å². The van der Waals surface area contributed by atoms with Gasteiger partial charge in [0, 0.05) is 18.4 Å². The molecule has 3 N–H and O–H groups in total. The molecule has 1 saturated carbocycles. The van der Waals surface area contributed by atoms with Crippen molar-refractivity contribution < 1.29 is 15.3 Å². The molecule has 0 aromatic heterocycles. The van der Waals surface area contributed by atoms with Crippen LogP contribution < -0.4 is 0 Å². The smallest absolute Gasteiger partial charge is 0.0599 e. The molecule has 0 aliphatic heterocycles. The molecule has 2 aliphatic carbocycles. The van der Waals surface area contributed by atoms with E-state index in [-0.39, 0.29) is 30.5 Å². The summed E-state index contributed by atoms with van der Waals surface area (Å²) in [5, 5.41) is 29.4. The zero-order chi connectivity index (χ0) is 13.5. The van der Waals surface area contributed by atoms with E-state index in [1.807, 2.05) is 0 Å². The fourth-order valence-electron chi connectivity index (χ4n) is 3.94. The number of hydrogen-bond donors (Lipinski definition) is 3. The number of aliphatic hydroxyl groups excluding tert-OH is 3. The minimum Gasteiger partial charge on any atom is -0.396 e. The highest BCUT2D eigenvalue weighted by molar-refractivity contribution is 5.25. The third-order valence-corrected chi connectivity index (χ3v) is 4.88. The SMILES string of the molecule is CC1CC(O)C(CO)C(CO)C2=CC(C)(C)CC21. The first kappa shape index (κ1) is 14.0. The highest BCUT2D eigenvalue weighted by Crippen LogP contribution is 2.50. The molecule has 3 nitrogen and oxygen atoms in total. The van der Waals surface area contributed by atoms with Crippen molar-refractivity contribution in [3.05, 3.63) is 11.6 Å². The van der Waals surface area contributed by atoms with Crippen molar-refractivity contribution in [2.45, 2.75) is 39.7 Å². The first-order chi connectivity index (χ1) is 8.39. The quantitative estimate of drug-likeness (QED) is 0.656. The summed E-state index contributed by atoms with van der Waals surface area (Å²) in [7, 11) is 0. The molecule has 0 heterocycles. The lowest BCUT2D eigenvalue weighted by Crippen LogP contribution is -2.32. The van der Waals surface area contributed by atoms with Gasteiger partial charge in [0.15, 0.2) is 0 Å². The molecule has 104 valence electrons. The lowest BCUT2D eigenvalue weighted by Gasteiger charge is -2.27. The Labute approximate surface area is 110 Å². The van der Waals surface area contributed by atoms with Crippen molar-refractivity contribution >= 4 is 0 Å². The van der Waals surface area contributed by atoms with E-state index in [0.29, 0.717) is 11.8 Å². The van der Waals surface area contributed by atoms with E-state index in [9.17, 15) is 15.3 Å². The van der Waals surface area contributed by atoms with Crippen LogP contribution in [0.1, 0.15) is 33.6 Å². The second kappa shape index (κ2) is 4.95. The average Bonchev–Trinajstić information content (AvgIpc) is 2.57. The Morgan fingerprint density at radius 1 is 1.28 bits per heavy atom. The summed E-state index contributed by atoms with van der Waals surface area (Å²) in [5.41, 5.74) is 1.44. The molecule has 0 spiro atoms. The monoisotopic (exact) mass is 254 g/mol. The fourth-order valence-corrected chi connectivity index (χ4v) is 3.94. The van der Waals surface area contributed by atoms with Gasteiger partial charge in [-0.05, 0) is 30.1 Å². The molecule has 5 unspecified atom stereocenters. The van der Waals surface area contributed by atoms with Crippen molar-refractivity contribution in [1.82, 2.24) is 0 Å². The summed E-state index contributed by atoms with van der Waals surface area (Å²) in [6.07, 6.45) is 3.58. The van der Waals surface area contributed by atoms with Crippen molar-refractivity contribution in [2.75, 3.05) is 13.2 Å². The van der Waals surface area contributed by atoms with Gasteiger partial charge in [-0.3, -0.25) is 0 Å². The van der Waals surface area contributed by atoms with E-state index < -0.39 is 6.10 Å². The summed E-state index contributed by atoms with van der Waals surface area (Å²) in [6, 6.07) is 0. The van der Waals surface area contributed by atoms with Crippen molar-refractivity contribution in [2.24, 2.45) is 29.1 Å². The zero-order valence-electron chi connectivity index (χ0n) is 11.6. The molecule has 0 saturated heterocycles. The molecular weight excluding hydrogens is 228 g/mol. The molecule has 0 radical (unpaired) electrons. The van der Waals surface area contributed by atoms with Crippen LogP contribution in [0.15, 0.2) is 11.6 Å². The molecule has 0 amide bonds. The van der Waals surface area contributed by atoms with Gasteiger partial charge in [0.2, 0.25) is 0 Å². The Hall–Kier alpha value is -0.380. The molecule has 2 aliphatic rings. The number of fused-ring (bicyclic) bond motifs is 1. The van der Waals surface area contributed by atoms with Gasteiger partial charge in [0.25, 0.3) is 0 Å². The maximum absolute atomic E-state index is 10.2. The lowest BCUT2D eigenvalue weighted by molar-refractivity contribution is 0.0214. The standard InChI is InChI=1S/C15H26O3/c1-9-4-14(18)13(8-17)12(7-16)11-6-15(2,3)5-10(9)11/h6,9-10,12-14,16-18H,4-5,7-8H2,1-3H3. The third kappa shape index (κ3) is 2.36. The maximum atomic E-state index is 10.2. The number of rotatable bonds is 2. The van der Waals surface area contributed by atoms with Gasteiger partial charge in [0.1, 0.15) is 0 Å². The van der Waals surface area contributed by atoms with Crippen molar-refractivity contribution in [1.29, 1.82) is 0 Å². The van der Waals surface area contributed by atoms with E-state index in [2.05, 4.69) is 26.8 Å².